The molecule has 1 unspecified atom stereocenters. The minimum Gasteiger partial charge on any atom is -0.456 e. The van der Waals surface area contributed by atoms with Gasteiger partial charge in [-0.25, -0.2) is 9.98 Å². The molecule has 0 saturated heterocycles. The quantitative estimate of drug-likeness (QED) is 0.193. The SMILES string of the molecule is c1ccc(C2=NC(c3ccc4c(c3)oc3ccccc34)NC(c3cccc4oc5c6ccccc6c(-n6c7cc8ccccc8cc7c7cc8ccccc8cc76)cc5c34)=N2)cc1. The van der Waals surface area contributed by atoms with Gasteiger partial charge in [-0.15, -0.1) is 0 Å². The largest absolute Gasteiger partial charge is 0.456 e. The van der Waals surface area contributed by atoms with Gasteiger partial charge in [0.2, 0.25) is 0 Å². The zero-order valence-corrected chi connectivity index (χ0v) is 33.7. The molecular weight excluding hydrogens is 773 g/mol. The molecule has 0 spiro atoms. The molecule has 1 aliphatic rings. The van der Waals surface area contributed by atoms with Crippen molar-refractivity contribution in [2.75, 3.05) is 0 Å². The first-order valence-corrected chi connectivity index (χ1v) is 21.3. The number of nitrogens with zero attached hydrogens (tertiary/aromatic N) is 3. The average molecular weight is 807 g/mol. The Morgan fingerprint density at radius 2 is 1.06 bits per heavy atom. The van der Waals surface area contributed by atoms with Gasteiger partial charge in [-0.3, -0.25) is 0 Å². The maximum Gasteiger partial charge on any atom is 0.159 e. The molecule has 10 aromatic carbocycles. The fourth-order valence-electron chi connectivity index (χ4n) is 10.0. The topological polar surface area (TPSA) is 68.0 Å². The molecule has 1 N–H and O–H groups in total. The second kappa shape index (κ2) is 13.0. The Balaban J connectivity index is 1.02. The van der Waals surface area contributed by atoms with Gasteiger partial charge in [0.1, 0.15) is 34.3 Å². The van der Waals surface area contributed by atoms with E-state index in [4.69, 9.17) is 18.8 Å². The Bertz CT molecular complexity index is 4040. The van der Waals surface area contributed by atoms with E-state index in [1.54, 1.807) is 0 Å². The molecule has 63 heavy (non-hydrogen) atoms. The van der Waals surface area contributed by atoms with Crippen molar-refractivity contribution >= 4 is 110 Å². The van der Waals surface area contributed by atoms with Crippen molar-refractivity contribution in [3.05, 3.63) is 211 Å². The standard InChI is InChI=1S/C57H34N4O2/c1-2-13-33(14-3-1)55-58-56(38-25-26-41-40-20-10-11-23-50(40)62-52(41)31-38)60-57(59-55)43-22-12-24-51-53(43)46-32-49(39-19-8-9-21-42(39)54(46)63-51)61-47-29-36-17-6-4-15-34(36)27-44(47)45-28-35-16-5-7-18-37(35)30-48(45)61/h1-32,56H,(H,58,59,60). The van der Waals surface area contributed by atoms with Crippen molar-refractivity contribution in [1.29, 1.82) is 0 Å². The third-order valence-corrected chi connectivity index (χ3v) is 13.0. The molecule has 0 fully saturated rings. The van der Waals surface area contributed by atoms with Crippen molar-refractivity contribution in [2.24, 2.45) is 9.98 Å². The number of amidine groups is 2. The van der Waals surface area contributed by atoms with E-state index in [0.29, 0.717) is 5.84 Å². The molecule has 3 aromatic heterocycles. The van der Waals surface area contributed by atoms with E-state index in [2.05, 4.69) is 168 Å². The van der Waals surface area contributed by atoms with Crippen molar-refractivity contribution in [3.8, 4) is 5.69 Å². The van der Waals surface area contributed by atoms with Gasteiger partial charge in [0.25, 0.3) is 0 Å². The molecule has 1 aliphatic heterocycles. The smallest absolute Gasteiger partial charge is 0.159 e. The van der Waals surface area contributed by atoms with Crippen molar-refractivity contribution in [2.45, 2.75) is 6.17 Å². The van der Waals surface area contributed by atoms with Crippen LogP contribution >= 0.6 is 0 Å². The molecule has 0 aliphatic carbocycles. The average Bonchev–Trinajstić information content (AvgIpc) is 4.01. The number of hydrogen-bond acceptors (Lipinski definition) is 5. The van der Waals surface area contributed by atoms with Crippen LogP contribution in [0.4, 0.5) is 0 Å². The third-order valence-electron chi connectivity index (χ3n) is 13.0. The van der Waals surface area contributed by atoms with Gasteiger partial charge >= 0.3 is 0 Å². The van der Waals surface area contributed by atoms with Crippen LogP contribution in [0.25, 0.3) is 104 Å². The second-order valence-electron chi connectivity index (χ2n) is 16.5. The summed E-state index contributed by atoms with van der Waals surface area (Å²) >= 11 is 0. The number of fused-ring (bicyclic) bond motifs is 13. The first kappa shape index (κ1) is 34.3. The lowest BCUT2D eigenvalue weighted by Gasteiger charge is -2.24. The fraction of sp³-hybridized carbons (Fsp3) is 0.0175. The summed E-state index contributed by atoms with van der Waals surface area (Å²) < 4.78 is 15.7. The molecule has 0 amide bonds. The summed E-state index contributed by atoms with van der Waals surface area (Å²) in [5, 5.41) is 17.4. The highest BCUT2D eigenvalue weighted by molar-refractivity contribution is 6.26. The number of hydrogen-bond donors (Lipinski definition) is 1. The number of benzene rings is 10. The summed E-state index contributed by atoms with van der Waals surface area (Å²) in [6, 6.07) is 68.7. The summed E-state index contributed by atoms with van der Waals surface area (Å²) in [6.45, 7) is 0. The van der Waals surface area contributed by atoms with Gasteiger partial charge in [-0.05, 0) is 70.1 Å². The van der Waals surface area contributed by atoms with E-state index in [1.165, 1.54) is 32.3 Å². The van der Waals surface area contributed by atoms with Crippen molar-refractivity contribution in [3.63, 3.8) is 0 Å². The monoisotopic (exact) mass is 806 g/mol. The van der Waals surface area contributed by atoms with Crippen LogP contribution in [0.2, 0.25) is 0 Å². The Morgan fingerprint density at radius 3 is 1.81 bits per heavy atom. The molecule has 14 rings (SSSR count). The predicted molar refractivity (Wildman–Crippen MR) is 260 cm³/mol. The van der Waals surface area contributed by atoms with Gasteiger partial charge in [-0.1, -0.05) is 146 Å². The number of aliphatic imine (C=N–C) groups is 2. The van der Waals surface area contributed by atoms with Crippen LogP contribution in [0.1, 0.15) is 22.9 Å². The zero-order valence-electron chi connectivity index (χ0n) is 33.7. The fourth-order valence-corrected chi connectivity index (χ4v) is 10.0. The molecule has 0 bridgehead atoms. The lowest BCUT2D eigenvalue weighted by atomic mass is 10.00. The first-order valence-electron chi connectivity index (χ1n) is 21.3. The summed E-state index contributed by atoms with van der Waals surface area (Å²) in [7, 11) is 0. The van der Waals surface area contributed by atoms with Crippen molar-refractivity contribution in [1.82, 2.24) is 9.88 Å². The molecule has 6 heteroatoms. The van der Waals surface area contributed by atoms with Crippen LogP contribution in [0.5, 0.6) is 0 Å². The van der Waals surface area contributed by atoms with Crippen LogP contribution < -0.4 is 5.32 Å². The molecular formula is C57H34N4O2. The Labute approximate surface area is 359 Å². The number of aromatic nitrogens is 1. The van der Waals surface area contributed by atoms with E-state index in [1.807, 2.05) is 36.4 Å². The lowest BCUT2D eigenvalue weighted by Crippen LogP contribution is -2.33. The Morgan fingerprint density at radius 1 is 0.444 bits per heavy atom. The van der Waals surface area contributed by atoms with E-state index in [0.717, 1.165) is 93.9 Å². The molecule has 0 radical (unpaired) electrons. The number of rotatable bonds is 4. The molecule has 294 valence electrons. The van der Waals surface area contributed by atoms with E-state index < -0.39 is 6.17 Å². The van der Waals surface area contributed by atoms with Gasteiger partial charge in [0, 0.05) is 59.8 Å². The number of nitrogens with one attached hydrogen (secondary N) is 1. The first-order chi connectivity index (χ1) is 31.2. The van der Waals surface area contributed by atoms with E-state index in [-0.39, 0.29) is 0 Å². The van der Waals surface area contributed by atoms with Gasteiger partial charge < -0.3 is 18.7 Å². The van der Waals surface area contributed by atoms with Crippen LogP contribution in [-0.2, 0) is 0 Å². The number of para-hydroxylation sites is 1. The highest BCUT2D eigenvalue weighted by atomic mass is 16.3. The summed E-state index contributed by atoms with van der Waals surface area (Å²) in [5.74, 6) is 1.37. The minimum atomic E-state index is -0.433. The normalized spacial score (nSPS) is 14.5. The highest BCUT2D eigenvalue weighted by Crippen LogP contribution is 2.43. The maximum absolute atomic E-state index is 6.93. The zero-order chi connectivity index (χ0) is 41.2. The van der Waals surface area contributed by atoms with E-state index >= 15 is 0 Å². The molecule has 13 aromatic rings. The third kappa shape index (κ3) is 5.12. The van der Waals surface area contributed by atoms with Gasteiger partial charge in [0.15, 0.2) is 5.84 Å². The van der Waals surface area contributed by atoms with Crippen LogP contribution in [-0.4, -0.2) is 16.2 Å². The predicted octanol–water partition coefficient (Wildman–Crippen LogP) is 14.5. The lowest BCUT2D eigenvalue weighted by molar-refractivity contribution is 0.655. The van der Waals surface area contributed by atoms with Crippen LogP contribution in [0.15, 0.2) is 213 Å². The summed E-state index contributed by atoms with van der Waals surface area (Å²) in [5.41, 5.74) is 9.57. The Hall–Kier alpha value is -8.48. The summed E-state index contributed by atoms with van der Waals surface area (Å²) in [6.07, 6.45) is -0.433. The number of furan rings is 2. The van der Waals surface area contributed by atoms with E-state index in [9.17, 15) is 0 Å². The molecule has 4 heterocycles. The minimum absolute atomic E-state index is 0.433. The highest BCUT2D eigenvalue weighted by Gasteiger charge is 2.26. The van der Waals surface area contributed by atoms with Gasteiger partial charge in [0.05, 0.1) is 16.7 Å². The van der Waals surface area contributed by atoms with Crippen molar-refractivity contribution < 1.29 is 8.83 Å². The second-order valence-corrected chi connectivity index (χ2v) is 16.5. The Kier molecular flexibility index (Phi) is 7.07. The van der Waals surface area contributed by atoms with Crippen LogP contribution in [0, 0.1) is 0 Å². The van der Waals surface area contributed by atoms with Crippen LogP contribution in [0.3, 0.4) is 0 Å². The molecule has 1 atom stereocenters. The molecule has 0 saturated carbocycles. The van der Waals surface area contributed by atoms with Gasteiger partial charge in [-0.2, -0.15) is 0 Å². The maximum atomic E-state index is 6.93. The molecule has 6 nitrogen and oxygen atoms in total. The summed E-state index contributed by atoms with van der Waals surface area (Å²) in [4.78, 5) is 10.5.